The first-order valence-electron chi connectivity index (χ1n) is 7.16. The second-order valence-electron chi connectivity index (χ2n) is 5.45. The number of pyridine rings is 1. The minimum absolute atomic E-state index is 0.139. The highest BCUT2D eigenvalue weighted by atomic mass is 79.9. The van der Waals surface area contributed by atoms with Gasteiger partial charge in [-0.25, -0.2) is 4.98 Å². The highest BCUT2D eigenvalue weighted by Crippen LogP contribution is 2.38. The molecule has 0 radical (unpaired) electrons. The van der Waals surface area contributed by atoms with E-state index in [1.54, 1.807) is 12.4 Å². The number of H-pyrrole nitrogens is 1. The molecule has 1 aliphatic heterocycles. The summed E-state index contributed by atoms with van der Waals surface area (Å²) in [7, 11) is 0. The Bertz CT molecular complexity index is 689. The molecule has 0 saturated carbocycles. The van der Waals surface area contributed by atoms with Crippen LogP contribution in [-0.4, -0.2) is 46.7 Å². The van der Waals surface area contributed by atoms with Gasteiger partial charge in [-0.2, -0.15) is 0 Å². The lowest BCUT2D eigenvalue weighted by Gasteiger charge is -2.33. The number of aromatic nitrogens is 2. The van der Waals surface area contributed by atoms with E-state index in [-0.39, 0.29) is 6.04 Å². The van der Waals surface area contributed by atoms with Crippen molar-refractivity contribution in [3.8, 4) is 0 Å². The summed E-state index contributed by atoms with van der Waals surface area (Å²) >= 11 is 3.56. The molecule has 118 valence electrons. The van der Waals surface area contributed by atoms with Gasteiger partial charge in [0.2, 0.25) is 0 Å². The maximum Gasteiger partial charge on any atom is 0.181 e. The molecule has 0 aliphatic carbocycles. The van der Waals surface area contributed by atoms with Crippen molar-refractivity contribution in [2.24, 2.45) is 5.73 Å². The number of anilines is 2. The minimum atomic E-state index is -1.26. The molecular weight excluding hydrogens is 350 g/mol. The highest BCUT2D eigenvalue weighted by molar-refractivity contribution is 9.10. The lowest BCUT2D eigenvalue weighted by molar-refractivity contribution is -0.113. The van der Waals surface area contributed by atoms with Crippen LogP contribution in [0.25, 0.3) is 11.0 Å². The van der Waals surface area contributed by atoms with Gasteiger partial charge in [-0.05, 0) is 28.8 Å². The van der Waals surface area contributed by atoms with Crippen molar-refractivity contribution < 1.29 is 9.90 Å². The van der Waals surface area contributed by atoms with E-state index in [9.17, 15) is 9.90 Å². The van der Waals surface area contributed by atoms with Crippen LogP contribution < -0.4 is 16.0 Å². The van der Waals surface area contributed by atoms with Crippen molar-refractivity contribution in [2.75, 3.05) is 23.3 Å². The number of aliphatic hydroxyl groups excluding tert-OH is 1. The van der Waals surface area contributed by atoms with Gasteiger partial charge < -0.3 is 26.0 Å². The molecular formula is C14H18BrN5O2. The van der Waals surface area contributed by atoms with Gasteiger partial charge in [-0.15, -0.1) is 0 Å². The molecule has 1 unspecified atom stereocenters. The van der Waals surface area contributed by atoms with Crippen molar-refractivity contribution in [1.82, 2.24) is 9.97 Å². The van der Waals surface area contributed by atoms with Crippen molar-refractivity contribution in [2.45, 2.75) is 25.1 Å². The average Bonchev–Trinajstić information content (AvgIpc) is 2.90. The number of nitrogens with zero attached hydrogens (tertiary/aromatic N) is 2. The third-order valence-electron chi connectivity index (χ3n) is 3.84. The van der Waals surface area contributed by atoms with E-state index in [1.165, 1.54) is 0 Å². The fourth-order valence-electron chi connectivity index (χ4n) is 2.89. The molecule has 5 N–H and O–H groups in total. The largest absolute Gasteiger partial charge is 0.368 e. The zero-order valence-electron chi connectivity index (χ0n) is 11.9. The predicted octanol–water partition coefficient (Wildman–Crippen LogP) is 1.18. The molecule has 0 bridgehead atoms. The fourth-order valence-corrected chi connectivity index (χ4v) is 3.44. The topological polar surface area (TPSA) is 107 Å². The molecule has 8 heteroatoms. The summed E-state index contributed by atoms with van der Waals surface area (Å²) in [6.45, 7) is 1.67. The lowest BCUT2D eigenvalue weighted by Crippen LogP contribution is -2.43. The number of aldehydes is 1. The lowest BCUT2D eigenvalue weighted by atomic mass is 10.1. The maximum atomic E-state index is 10.7. The smallest absolute Gasteiger partial charge is 0.181 e. The van der Waals surface area contributed by atoms with Gasteiger partial charge in [-0.1, -0.05) is 0 Å². The zero-order chi connectivity index (χ0) is 15.7. The molecule has 3 heterocycles. The van der Waals surface area contributed by atoms with Gasteiger partial charge in [0.25, 0.3) is 0 Å². The Morgan fingerprint density at radius 2 is 2.45 bits per heavy atom. The monoisotopic (exact) mass is 367 g/mol. The van der Waals surface area contributed by atoms with E-state index in [0.717, 1.165) is 41.5 Å². The molecule has 2 aromatic rings. The number of rotatable bonds is 4. The van der Waals surface area contributed by atoms with Gasteiger partial charge in [-0.3, -0.25) is 4.79 Å². The first-order valence-corrected chi connectivity index (χ1v) is 7.95. The van der Waals surface area contributed by atoms with Gasteiger partial charge in [0.05, 0.1) is 21.2 Å². The predicted molar refractivity (Wildman–Crippen MR) is 88.9 cm³/mol. The number of piperidine rings is 1. The average molecular weight is 368 g/mol. The number of hydrogen-bond donors (Lipinski definition) is 4. The Hall–Kier alpha value is -1.64. The van der Waals surface area contributed by atoms with Crippen LogP contribution in [0.3, 0.4) is 0 Å². The van der Waals surface area contributed by atoms with E-state index >= 15 is 0 Å². The van der Waals surface area contributed by atoms with E-state index in [4.69, 9.17) is 5.73 Å². The molecule has 0 aromatic carbocycles. The first-order chi connectivity index (χ1) is 10.6. The Labute approximate surface area is 136 Å². The van der Waals surface area contributed by atoms with Crippen LogP contribution in [0.1, 0.15) is 12.8 Å². The van der Waals surface area contributed by atoms with E-state index in [2.05, 4.69) is 36.1 Å². The van der Waals surface area contributed by atoms with Gasteiger partial charge in [0, 0.05) is 31.5 Å². The van der Waals surface area contributed by atoms with Crippen molar-refractivity contribution in [3.63, 3.8) is 0 Å². The summed E-state index contributed by atoms with van der Waals surface area (Å²) in [6.07, 6.45) is 4.68. The van der Waals surface area contributed by atoms with Gasteiger partial charge in [0.15, 0.2) is 12.5 Å². The molecule has 0 spiro atoms. The summed E-state index contributed by atoms with van der Waals surface area (Å²) in [5.74, 6) is 0. The number of hydrogen-bond acceptors (Lipinski definition) is 6. The first kappa shape index (κ1) is 15.3. The quantitative estimate of drug-likeness (QED) is 0.477. The molecule has 1 fully saturated rings. The van der Waals surface area contributed by atoms with Crippen molar-refractivity contribution in [3.05, 3.63) is 16.9 Å². The minimum Gasteiger partial charge on any atom is -0.368 e. The Balaban J connectivity index is 2.08. The second kappa shape index (κ2) is 6.23. The van der Waals surface area contributed by atoms with Crippen LogP contribution in [0, 0.1) is 0 Å². The Kier molecular flexibility index (Phi) is 4.32. The summed E-state index contributed by atoms with van der Waals surface area (Å²) in [4.78, 5) is 20.3. The van der Waals surface area contributed by atoms with Gasteiger partial charge in [0.1, 0.15) is 5.65 Å². The molecule has 3 rings (SSSR count). The van der Waals surface area contributed by atoms with E-state index < -0.39 is 6.23 Å². The molecule has 0 amide bonds. The SMILES string of the molecule is NC1CCCN(c2c(Br)cnc3[nH]cc(N[C@H](O)C=O)c23)C1. The number of nitrogens with two attached hydrogens (primary N) is 1. The van der Waals surface area contributed by atoms with Crippen LogP contribution in [0.5, 0.6) is 0 Å². The highest BCUT2D eigenvalue weighted by Gasteiger charge is 2.23. The Morgan fingerprint density at radius 1 is 1.64 bits per heavy atom. The number of carbonyl (C=O) groups is 1. The zero-order valence-corrected chi connectivity index (χ0v) is 13.5. The summed E-state index contributed by atoms with van der Waals surface area (Å²) in [6, 6.07) is 0.139. The number of nitrogens with one attached hydrogen (secondary N) is 2. The van der Waals surface area contributed by atoms with Crippen LogP contribution in [0.4, 0.5) is 11.4 Å². The van der Waals surface area contributed by atoms with E-state index in [0.29, 0.717) is 17.6 Å². The van der Waals surface area contributed by atoms with Crippen molar-refractivity contribution in [1.29, 1.82) is 0 Å². The van der Waals surface area contributed by atoms with Crippen LogP contribution in [-0.2, 0) is 4.79 Å². The molecule has 22 heavy (non-hydrogen) atoms. The van der Waals surface area contributed by atoms with Crippen molar-refractivity contribution >= 4 is 44.6 Å². The second-order valence-corrected chi connectivity index (χ2v) is 6.31. The number of aromatic amines is 1. The summed E-state index contributed by atoms with van der Waals surface area (Å²) in [5.41, 5.74) is 8.39. The fraction of sp³-hybridized carbons (Fsp3) is 0.429. The number of carbonyl (C=O) groups excluding carboxylic acids is 1. The van der Waals surface area contributed by atoms with Crippen LogP contribution in [0.2, 0.25) is 0 Å². The molecule has 2 atom stereocenters. The summed E-state index contributed by atoms with van der Waals surface area (Å²) in [5, 5.41) is 13.2. The van der Waals surface area contributed by atoms with E-state index in [1.807, 2.05) is 0 Å². The molecule has 2 aromatic heterocycles. The summed E-state index contributed by atoms with van der Waals surface area (Å²) < 4.78 is 0.859. The third kappa shape index (κ3) is 2.81. The Morgan fingerprint density at radius 3 is 3.18 bits per heavy atom. The van der Waals surface area contributed by atoms with Gasteiger partial charge >= 0.3 is 0 Å². The molecule has 1 aliphatic rings. The normalized spacial score (nSPS) is 20.1. The standard InChI is InChI=1S/C14H18BrN5O2/c15-9-4-17-14-12(10(5-18-14)19-11(22)7-21)13(9)20-3-1-2-8(16)6-20/h4-5,7-8,11,19,22H,1-3,6,16H2,(H,17,18)/t8?,11-/m1/s1. The number of aliphatic hydroxyl groups is 1. The number of fused-ring (bicyclic) bond motifs is 1. The maximum absolute atomic E-state index is 10.7. The molecule has 1 saturated heterocycles. The third-order valence-corrected chi connectivity index (χ3v) is 4.42. The molecule has 7 nitrogen and oxygen atoms in total. The van der Waals surface area contributed by atoms with Crippen LogP contribution in [0.15, 0.2) is 16.9 Å². The number of halogens is 1. The van der Waals surface area contributed by atoms with Crippen LogP contribution >= 0.6 is 15.9 Å².